The lowest BCUT2D eigenvalue weighted by atomic mass is 9.93. The number of halogens is 1. The van der Waals surface area contributed by atoms with Gasteiger partial charge in [0.05, 0.1) is 11.0 Å². The summed E-state index contributed by atoms with van der Waals surface area (Å²) in [6, 6.07) is 14.6. The number of benzene rings is 2. The number of H-pyrrole nitrogens is 1. The van der Waals surface area contributed by atoms with Crippen molar-refractivity contribution in [2.45, 2.75) is 32.2 Å². The molecule has 3 aromatic rings. The highest BCUT2D eigenvalue weighted by Gasteiger charge is 2.22. The summed E-state index contributed by atoms with van der Waals surface area (Å²) in [6.45, 7) is 2.12. The van der Waals surface area contributed by atoms with Crippen LogP contribution >= 0.6 is 0 Å². The zero-order valence-electron chi connectivity index (χ0n) is 15.8. The standard InChI is InChI=1S/C22H25FN4O/c23-18-8-2-1-7-17(18)14-24-21(28)12-11-16-6-5-13-27(15-16)22-25-19-9-3-4-10-20(19)26-22/h1-4,7-10,16H,5-6,11-15H2,(H,24,28)(H,25,26)/t16-/m1/s1. The number of amides is 1. The summed E-state index contributed by atoms with van der Waals surface area (Å²) in [5, 5.41) is 2.83. The fraction of sp³-hybridized carbons (Fsp3) is 0.364. The number of imidazole rings is 1. The van der Waals surface area contributed by atoms with Gasteiger partial charge in [0.2, 0.25) is 11.9 Å². The van der Waals surface area contributed by atoms with Crippen LogP contribution < -0.4 is 10.2 Å². The van der Waals surface area contributed by atoms with Crippen LogP contribution in [-0.2, 0) is 11.3 Å². The maximum absolute atomic E-state index is 13.6. The van der Waals surface area contributed by atoms with E-state index in [2.05, 4.69) is 15.2 Å². The molecular weight excluding hydrogens is 355 g/mol. The molecule has 146 valence electrons. The minimum atomic E-state index is -0.281. The van der Waals surface area contributed by atoms with Gasteiger partial charge in [-0.3, -0.25) is 4.79 Å². The van der Waals surface area contributed by atoms with E-state index >= 15 is 0 Å². The van der Waals surface area contributed by atoms with E-state index in [1.807, 2.05) is 24.3 Å². The van der Waals surface area contributed by atoms with Crippen LogP contribution in [0.2, 0.25) is 0 Å². The number of aromatic amines is 1. The summed E-state index contributed by atoms with van der Waals surface area (Å²) >= 11 is 0. The average molecular weight is 380 g/mol. The number of carbonyl (C=O) groups is 1. The summed E-state index contributed by atoms with van der Waals surface area (Å²) in [4.78, 5) is 22.5. The molecule has 1 aliphatic rings. The smallest absolute Gasteiger partial charge is 0.220 e. The van der Waals surface area contributed by atoms with Crippen molar-refractivity contribution in [3.8, 4) is 0 Å². The molecule has 5 nitrogen and oxygen atoms in total. The second kappa shape index (κ2) is 8.42. The summed E-state index contributed by atoms with van der Waals surface area (Å²) in [5.74, 6) is 1.07. The first kappa shape index (κ1) is 18.5. The van der Waals surface area contributed by atoms with Crippen LogP contribution in [0.3, 0.4) is 0 Å². The molecule has 1 amide bonds. The van der Waals surface area contributed by atoms with E-state index in [0.717, 1.165) is 49.3 Å². The summed E-state index contributed by atoms with van der Waals surface area (Å²) < 4.78 is 13.6. The number of aromatic nitrogens is 2. The molecule has 2 N–H and O–H groups in total. The number of nitrogens with zero attached hydrogens (tertiary/aromatic N) is 2. The van der Waals surface area contributed by atoms with Crippen LogP contribution in [0.25, 0.3) is 11.0 Å². The first-order chi connectivity index (χ1) is 13.7. The largest absolute Gasteiger partial charge is 0.352 e. The van der Waals surface area contributed by atoms with Crippen molar-refractivity contribution in [2.24, 2.45) is 5.92 Å². The highest BCUT2D eigenvalue weighted by molar-refractivity contribution is 5.77. The van der Waals surface area contributed by atoms with Crippen molar-refractivity contribution in [1.82, 2.24) is 15.3 Å². The van der Waals surface area contributed by atoms with Gasteiger partial charge in [0.15, 0.2) is 0 Å². The van der Waals surface area contributed by atoms with E-state index in [9.17, 15) is 9.18 Å². The number of hydrogen-bond acceptors (Lipinski definition) is 3. The normalized spacial score (nSPS) is 17.0. The molecule has 2 heterocycles. The molecule has 2 aromatic carbocycles. The van der Waals surface area contributed by atoms with Crippen LogP contribution in [0.4, 0.5) is 10.3 Å². The number of anilines is 1. The van der Waals surface area contributed by atoms with Crippen molar-refractivity contribution in [1.29, 1.82) is 0 Å². The second-order valence-corrected chi connectivity index (χ2v) is 7.44. The molecule has 1 fully saturated rings. The quantitative estimate of drug-likeness (QED) is 0.679. The minimum Gasteiger partial charge on any atom is -0.352 e. The van der Waals surface area contributed by atoms with Gasteiger partial charge in [-0.15, -0.1) is 0 Å². The Morgan fingerprint density at radius 1 is 1.21 bits per heavy atom. The number of rotatable bonds is 6. The monoisotopic (exact) mass is 380 g/mol. The van der Waals surface area contributed by atoms with Gasteiger partial charge in [-0.05, 0) is 43.4 Å². The van der Waals surface area contributed by atoms with Crippen molar-refractivity contribution >= 4 is 22.9 Å². The van der Waals surface area contributed by atoms with E-state index in [1.165, 1.54) is 6.07 Å². The molecule has 0 spiro atoms. The summed E-state index contributed by atoms with van der Waals surface area (Å²) in [7, 11) is 0. The number of carbonyl (C=O) groups excluding carboxylic acids is 1. The fourth-order valence-corrected chi connectivity index (χ4v) is 3.84. The van der Waals surface area contributed by atoms with Gasteiger partial charge in [0.25, 0.3) is 0 Å². The average Bonchev–Trinajstić information content (AvgIpc) is 3.16. The van der Waals surface area contributed by atoms with Crippen molar-refractivity contribution in [2.75, 3.05) is 18.0 Å². The van der Waals surface area contributed by atoms with E-state index in [4.69, 9.17) is 4.98 Å². The number of nitrogens with one attached hydrogen (secondary N) is 2. The van der Waals surface area contributed by atoms with Gasteiger partial charge in [0, 0.05) is 31.6 Å². The lowest BCUT2D eigenvalue weighted by Gasteiger charge is -2.32. The Morgan fingerprint density at radius 3 is 2.89 bits per heavy atom. The molecule has 0 unspecified atom stereocenters. The molecule has 0 radical (unpaired) electrons. The maximum atomic E-state index is 13.6. The van der Waals surface area contributed by atoms with E-state index in [0.29, 0.717) is 17.9 Å². The Balaban J connectivity index is 1.28. The Hall–Kier alpha value is -2.89. The van der Waals surface area contributed by atoms with Gasteiger partial charge in [-0.2, -0.15) is 0 Å². The zero-order chi connectivity index (χ0) is 19.3. The lowest BCUT2D eigenvalue weighted by Crippen LogP contribution is -2.36. The molecule has 28 heavy (non-hydrogen) atoms. The summed E-state index contributed by atoms with van der Waals surface area (Å²) in [6.07, 6.45) is 3.52. The van der Waals surface area contributed by atoms with E-state index in [-0.39, 0.29) is 18.3 Å². The Bertz CT molecular complexity index is 921. The zero-order valence-corrected chi connectivity index (χ0v) is 15.8. The predicted molar refractivity (Wildman–Crippen MR) is 109 cm³/mol. The van der Waals surface area contributed by atoms with Gasteiger partial charge < -0.3 is 15.2 Å². The first-order valence-corrected chi connectivity index (χ1v) is 9.89. The molecule has 1 aromatic heterocycles. The fourth-order valence-electron chi connectivity index (χ4n) is 3.84. The van der Waals surface area contributed by atoms with Crippen LogP contribution in [0.15, 0.2) is 48.5 Å². The number of fused-ring (bicyclic) bond motifs is 1. The molecule has 1 atom stereocenters. The first-order valence-electron chi connectivity index (χ1n) is 9.89. The maximum Gasteiger partial charge on any atom is 0.220 e. The summed E-state index contributed by atoms with van der Waals surface area (Å²) in [5.41, 5.74) is 2.55. The van der Waals surface area contributed by atoms with Crippen LogP contribution in [0.5, 0.6) is 0 Å². The van der Waals surface area contributed by atoms with Crippen molar-refractivity contribution in [3.05, 3.63) is 59.9 Å². The third-order valence-corrected chi connectivity index (χ3v) is 5.41. The Labute approximate surface area is 164 Å². The third kappa shape index (κ3) is 4.32. The van der Waals surface area contributed by atoms with Gasteiger partial charge >= 0.3 is 0 Å². The number of hydrogen-bond donors (Lipinski definition) is 2. The second-order valence-electron chi connectivity index (χ2n) is 7.44. The third-order valence-electron chi connectivity index (χ3n) is 5.41. The molecule has 0 bridgehead atoms. The van der Waals surface area contributed by atoms with Gasteiger partial charge in [0.1, 0.15) is 5.82 Å². The van der Waals surface area contributed by atoms with Crippen molar-refractivity contribution < 1.29 is 9.18 Å². The highest BCUT2D eigenvalue weighted by atomic mass is 19.1. The number of para-hydroxylation sites is 2. The molecule has 1 aliphatic heterocycles. The van der Waals surface area contributed by atoms with Gasteiger partial charge in [-0.1, -0.05) is 30.3 Å². The Morgan fingerprint density at radius 2 is 2.04 bits per heavy atom. The van der Waals surface area contributed by atoms with Crippen LogP contribution in [0, 0.1) is 11.7 Å². The van der Waals surface area contributed by atoms with Crippen molar-refractivity contribution in [3.63, 3.8) is 0 Å². The predicted octanol–water partition coefficient (Wildman–Crippen LogP) is 4.02. The number of piperidine rings is 1. The molecule has 0 aliphatic carbocycles. The molecule has 6 heteroatoms. The molecule has 4 rings (SSSR count). The minimum absolute atomic E-state index is 0.0240. The molecule has 1 saturated heterocycles. The Kier molecular flexibility index (Phi) is 5.55. The highest BCUT2D eigenvalue weighted by Crippen LogP contribution is 2.25. The lowest BCUT2D eigenvalue weighted by molar-refractivity contribution is -0.121. The van der Waals surface area contributed by atoms with Crippen LogP contribution in [0.1, 0.15) is 31.2 Å². The molecular formula is C22H25FN4O. The van der Waals surface area contributed by atoms with E-state index in [1.54, 1.807) is 18.2 Å². The SMILES string of the molecule is O=C(CC[C@H]1CCCN(c2nc3ccccc3[nH]2)C1)NCc1ccccc1F. The van der Waals surface area contributed by atoms with Gasteiger partial charge in [-0.25, -0.2) is 9.37 Å². The van der Waals surface area contributed by atoms with E-state index < -0.39 is 0 Å². The van der Waals surface area contributed by atoms with Crippen LogP contribution in [-0.4, -0.2) is 29.0 Å². The topological polar surface area (TPSA) is 61.0 Å². The molecule has 0 saturated carbocycles.